The standard InChI is InChI=1S/C16H25BrN4O3/c1-11-8-19(15(22)24-16(2,3)4)5-6-20(11)14-13(17)7-18-21(14)12-9-23-10-12/h7,11-12H,5-6,8-10H2,1-4H3/t11-/m0/s1. The molecule has 3 heterocycles. The van der Waals surface area contributed by atoms with E-state index in [-0.39, 0.29) is 12.1 Å². The molecule has 0 N–H and O–H groups in total. The predicted octanol–water partition coefficient (Wildman–Crippen LogP) is 2.66. The van der Waals surface area contributed by atoms with Crippen LogP contribution in [0.3, 0.4) is 0 Å². The SMILES string of the molecule is C[C@H]1CN(C(=O)OC(C)(C)C)CCN1c1c(Br)cnn1C1COC1. The molecule has 3 rings (SSSR count). The first-order valence-corrected chi connectivity index (χ1v) is 9.11. The third-order valence-corrected chi connectivity index (χ3v) is 4.80. The number of carbonyl (C=O) groups excluding carboxylic acids is 1. The average molecular weight is 401 g/mol. The van der Waals surface area contributed by atoms with Gasteiger partial charge in [-0.15, -0.1) is 0 Å². The molecule has 2 aliphatic heterocycles. The quantitative estimate of drug-likeness (QED) is 0.763. The van der Waals surface area contributed by atoms with E-state index in [0.717, 1.165) is 16.8 Å². The second-order valence-electron chi connectivity index (χ2n) is 7.42. The molecular weight excluding hydrogens is 376 g/mol. The summed E-state index contributed by atoms with van der Waals surface area (Å²) >= 11 is 3.61. The van der Waals surface area contributed by atoms with Crippen molar-refractivity contribution in [1.29, 1.82) is 0 Å². The van der Waals surface area contributed by atoms with Crippen LogP contribution >= 0.6 is 15.9 Å². The molecule has 0 radical (unpaired) electrons. The molecule has 2 aliphatic rings. The van der Waals surface area contributed by atoms with E-state index in [1.807, 2.05) is 31.6 Å². The molecule has 8 heteroatoms. The number of piperazine rings is 1. The van der Waals surface area contributed by atoms with Gasteiger partial charge in [-0.3, -0.25) is 0 Å². The van der Waals surface area contributed by atoms with Gasteiger partial charge in [0.05, 0.1) is 23.9 Å². The molecular formula is C16H25BrN4O3. The fourth-order valence-electron chi connectivity index (χ4n) is 3.00. The van der Waals surface area contributed by atoms with Gasteiger partial charge in [0.15, 0.2) is 0 Å². The third-order valence-electron chi connectivity index (χ3n) is 4.24. The van der Waals surface area contributed by atoms with Gasteiger partial charge >= 0.3 is 6.09 Å². The Labute approximate surface area is 151 Å². The highest BCUT2D eigenvalue weighted by Crippen LogP contribution is 2.33. The smallest absolute Gasteiger partial charge is 0.410 e. The van der Waals surface area contributed by atoms with Crippen LogP contribution < -0.4 is 4.90 Å². The van der Waals surface area contributed by atoms with Gasteiger partial charge in [-0.1, -0.05) is 0 Å². The Balaban J connectivity index is 1.70. The first kappa shape index (κ1) is 17.5. The number of anilines is 1. The molecule has 0 bridgehead atoms. The summed E-state index contributed by atoms with van der Waals surface area (Å²) in [6, 6.07) is 0.474. The summed E-state index contributed by atoms with van der Waals surface area (Å²) < 4.78 is 13.8. The molecule has 0 aromatic carbocycles. The lowest BCUT2D eigenvalue weighted by atomic mass is 10.2. The normalized spacial score (nSPS) is 22.5. The molecule has 1 amide bonds. The first-order valence-electron chi connectivity index (χ1n) is 8.31. The van der Waals surface area contributed by atoms with Gasteiger partial charge in [0.1, 0.15) is 17.5 Å². The lowest BCUT2D eigenvalue weighted by Gasteiger charge is -2.42. The maximum absolute atomic E-state index is 12.3. The number of hydrogen-bond donors (Lipinski definition) is 0. The maximum atomic E-state index is 12.3. The molecule has 1 aromatic rings. The van der Waals surface area contributed by atoms with Crippen LogP contribution in [0.1, 0.15) is 33.7 Å². The number of nitrogens with zero attached hydrogens (tertiary/aromatic N) is 4. The minimum absolute atomic E-state index is 0.180. The average Bonchev–Trinajstić information content (AvgIpc) is 2.77. The zero-order valence-corrected chi connectivity index (χ0v) is 16.2. The Morgan fingerprint density at radius 1 is 1.38 bits per heavy atom. The van der Waals surface area contributed by atoms with E-state index in [0.29, 0.717) is 32.3 Å². The molecule has 2 saturated heterocycles. The van der Waals surface area contributed by atoms with Crippen molar-refractivity contribution < 1.29 is 14.3 Å². The highest BCUT2D eigenvalue weighted by molar-refractivity contribution is 9.10. The van der Waals surface area contributed by atoms with Crippen LogP contribution in [0.5, 0.6) is 0 Å². The Bertz CT molecular complexity index is 609. The van der Waals surface area contributed by atoms with Gasteiger partial charge in [0.2, 0.25) is 0 Å². The molecule has 0 unspecified atom stereocenters. The van der Waals surface area contributed by atoms with Crippen LogP contribution in [0.15, 0.2) is 10.7 Å². The minimum Gasteiger partial charge on any atom is -0.444 e. The summed E-state index contributed by atoms with van der Waals surface area (Å²) in [5.41, 5.74) is -0.469. The van der Waals surface area contributed by atoms with Crippen molar-refractivity contribution in [3.05, 3.63) is 10.7 Å². The fraction of sp³-hybridized carbons (Fsp3) is 0.750. The highest BCUT2D eigenvalue weighted by atomic mass is 79.9. The molecule has 0 aliphatic carbocycles. The number of carbonyl (C=O) groups is 1. The van der Waals surface area contributed by atoms with Crippen LogP contribution in [0.2, 0.25) is 0 Å². The van der Waals surface area contributed by atoms with Gasteiger partial charge in [-0.25, -0.2) is 9.48 Å². The molecule has 24 heavy (non-hydrogen) atoms. The van der Waals surface area contributed by atoms with Crippen LogP contribution in [0.4, 0.5) is 10.6 Å². The Morgan fingerprint density at radius 3 is 2.62 bits per heavy atom. The number of ether oxygens (including phenoxy) is 2. The Kier molecular flexibility index (Phi) is 4.79. The van der Waals surface area contributed by atoms with E-state index in [9.17, 15) is 4.79 Å². The van der Waals surface area contributed by atoms with Gasteiger partial charge in [0.25, 0.3) is 0 Å². The fourth-order valence-corrected chi connectivity index (χ4v) is 3.50. The van der Waals surface area contributed by atoms with Crippen LogP contribution in [-0.2, 0) is 9.47 Å². The molecule has 1 aromatic heterocycles. The number of rotatable bonds is 2. The van der Waals surface area contributed by atoms with Crippen molar-refractivity contribution in [3.63, 3.8) is 0 Å². The zero-order chi connectivity index (χ0) is 17.5. The summed E-state index contributed by atoms with van der Waals surface area (Å²) in [5.74, 6) is 1.07. The summed E-state index contributed by atoms with van der Waals surface area (Å²) in [6.45, 7) is 11.2. The zero-order valence-electron chi connectivity index (χ0n) is 14.7. The maximum Gasteiger partial charge on any atom is 0.410 e. The Hall–Kier alpha value is -1.28. The van der Waals surface area contributed by atoms with E-state index < -0.39 is 5.60 Å². The number of hydrogen-bond acceptors (Lipinski definition) is 5. The summed E-state index contributed by atoms with van der Waals surface area (Å²) in [7, 11) is 0. The van der Waals surface area contributed by atoms with Crippen molar-refractivity contribution in [1.82, 2.24) is 14.7 Å². The molecule has 134 valence electrons. The van der Waals surface area contributed by atoms with E-state index in [2.05, 4.69) is 32.9 Å². The largest absolute Gasteiger partial charge is 0.444 e. The van der Waals surface area contributed by atoms with E-state index in [4.69, 9.17) is 9.47 Å². The van der Waals surface area contributed by atoms with Gasteiger partial charge in [0, 0.05) is 25.7 Å². The van der Waals surface area contributed by atoms with Crippen molar-refractivity contribution in [2.75, 3.05) is 37.7 Å². The summed E-state index contributed by atoms with van der Waals surface area (Å²) in [4.78, 5) is 16.4. The summed E-state index contributed by atoms with van der Waals surface area (Å²) in [6.07, 6.45) is 1.59. The van der Waals surface area contributed by atoms with Crippen LogP contribution in [-0.4, -0.2) is 65.3 Å². The van der Waals surface area contributed by atoms with E-state index >= 15 is 0 Å². The molecule has 0 saturated carbocycles. The molecule has 2 fully saturated rings. The van der Waals surface area contributed by atoms with Crippen molar-refractivity contribution in [2.45, 2.75) is 45.4 Å². The molecule has 1 atom stereocenters. The summed E-state index contributed by atoms with van der Waals surface area (Å²) in [5, 5.41) is 4.49. The highest BCUT2D eigenvalue weighted by Gasteiger charge is 2.34. The predicted molar refractivity (Wildman–Crippen MR) is 94.4 cm³/mol. The third kappa shape index (κ3) is 3.54. The molecule has 7 nitrogen and oxygen atoms in total. The van der Waals surface area contributed by atoms with Gasteiger partial charge in [-0.2, -0.15) is 5.10 Å². The van der Waals surface area contributed by atoms with Gasteiger partial charge < -0.3 is 19.3 Å². The number of aromatic nitrogens is 2. The van der Waals surface area contributed by atoms with Crippen LogP contribution in [0.25, 0.3) is 0 Å². The van der Waals surface area contributed by atoms with Crippen molar-refractivity contribution >= 4 is 27.8 Å². The van der Waals surface area contributed by atoms with Crippen molar-refractivity contribution in [2.24, 2.45) is 0 Å². The minimum atomic E-state index is -0.469. The lowest BCUT2D eigenvalue weighted by Crippen LogP contribution is -2.55. The van der Waals surface area contributed by atoms with E-state index in [1.54, 1.807) is 4.90 Å². The lowest BCUT2D eigenvalue weighted by molar-refractivity contribution is -0.0282. The van der Waals surface area contributed by atoms with E-state index in [1.165, 1.54) is 0 Å². The number of halogens is 1. The molecule has 0 spiro atoms. The van der Waals surface area contributed by atoms with Gasteiger partial charge in [-0.05, 0) is 43.6 Å². The number of amides is 1. The Morgan fingerprint density at radius 2 is 2.08 bits per heavy atom. The second-order valence-corrected chi connectivity index (χ2v) is 8.28. The van der Waals surface area contributed by atoms with Crippen molar-refractivity contribution in [3.8, 4) is 0 Å². The first-order chi connectivity index (χ1) is 11.3. The van der Waals surface area contributed by atoms with Crippen LogP contribution in [0, 0.1) is 0 Å². The second kappa shape index (κ2) is 6.55. The topological polar surface area (TPSA) is 59.8 Å². The monoisotopic (exact) mass is 400 g/mol.